The number of nitrogens with zero attached hydrogens (tertiary/aromatic N) is 3. The summed E-state index contributed by atoms with van der Waals surface area (Å²) in [5.74, 6) is 1.99. The number of nitrogen functional groups attached to an aromatic ring is 1. The fourth-order valence-electron chi connectivity index (χ4n) is 2.46. The second-order valence-corrected chi connectivity index (χ2v) is 4.92. The van der Waals surface area contributed by atoms with E-state index in [0.29, 0.717) is 0 Å². The maximum atomic E-state index is 11.7. The Kier molecular flexibility index (Phi) is 3.15. The van der Waals surface area contributed by atoms with Gasteiger partial charge in [-0.25, -0.2) is 9.50 Å². The van der Waals surface area contributed by atoms with E-state index >= 15 is 0 Å². The summed E-state index contributed by atoms with van der Waals surface area (Å²) in [5, 5.41) is 33.5. The van der Waals surface area contributed by atoms with Gasteiger partial charge in [0, 0.05) is 0 Å². The second-order valence-electron chi connectivity index (χ2n) is 4.92. The summed E-state index contributed by atoms with van der Waals surface area (Å²) >= 11 is 0. The van der Waals surface area contributed by atoms with Crippen LogP contribution in [0.5, 0.6) is 0 Å². The van der Waals surface area contributed by atoms with Crippen molar-refractivity contribution in [2.24, 2.45) is 0 Å². The molecule has 116 valence electrons. The molecule has 6 N–H and O–H groups in total. The summed E-state index contributed by atoms with van der Waals surface area (Å²) in [6.07, 6.45) is 2.45. The number of hydrogen-bond donors (Lipinski definition) is 5. The number of fused-ring (bicyclic) bond motifs is 1. The number of H-pyrrole nitrogens is 1. The fraction of sp³-hybridized carbons (Fsp3) is 0.417. The molecular weight excluding hydrogens is 294 g/mol. The van der Waals surface area contributed by atoms with E-state index in [1.807, 2.05) is 0 Å². The van der Waals surface area contributed by atoms with Gasteiger partial charge in [-0.15, -0.1) is 11.5 Å². The zero-order chi connectivity index (χ0) is 16.1. The maximum Gasteiger partial charge on any atom is 0.295 e. The van der Waals surface area contributed by atoms with Crippen LogP contribution in [0.3, 0.4) is 0 Å². The highest BCUT2D eigenvalue weighted by Crippen LogP contribution is 2.39. The Morgan fingerprint density at radius 3 is 2.91 bits per heavy atom. The van der Waals surface area contributed by atoms with Crippen LogP contribution in [-0.4, -0.2) is 59.3 Å². The number of aliphatic hydroxyl groups is 3. The second kappa shape index (κ2) is 4.79. The highest BCUT2D eigenvalue weighted by molar-refractivity contribution is 5.39. The maximum absolute atomic E-state index is 11.7. The van der Waals surface area contributed by atoms with Gasteiger partial charge in [-0.1, -0.05) is 5.92 Å². The first-order valence-corrected chi connectivity index (χ1v) is 6.29. The number of hydrogen-bond acceptors (Lipinski definition) is 8. The molecular formula is C12H13N5O5. The van der Waals surface area contributed by atoms with Gasteiger partial charge in [-0.05, 0) is 0 Å². The Bertz CT molecular complexity index is 823. The first-order chi connectivity index (χ1) is 10.4. The van der Waals surface area contributed by atoms with E-state index in [0.717, 1.165) is 4.52 Å². The molecule has 0 aliphatic carbocycles. The average molecular weight is 307 g/mol. The molecule has 3 rings (SSSR count). The van der Waals surface area contributed by atoms with Crippen molar-refractivity contribution >= 4 is 11.6 Å². The summed E-state index contributed by atoms with van der Waals surface area (Å²) in [4.78, 5) is 17.9. The lowest BCUT2D eigenvalue weighted by atomic mass is 9.96. The quantitative estimate of drug-likeness (QED) is 0.371. The first-order valence-electron chi connectivity index (χ1n) is 6.29. The van der Waals surface area contributed by atoms with Gasteiger partial charge >= 0.3 is 0 Å². The molecule has 0 aromatic carbocycles. The van der Waals surface area contributed by atoms with Crippen LogP contribution >= 0.6 is 0 Å². The van der Waals surface area contributed by atoms with Gasteiger partial charge in [-0.3, -0.25) is 9.78 Å². The molecule has 1 aliphatic heterocycles. The smallest absolute Gasteiger partial charge is 0.295 e. The van der Waals surface area contributed by atoms with Gasteiger partial charge in [0.25, 0.3) is 5.56 Å². The van der Waals surface area contributed by atoms with Crippen LogP contribution in [0, 0.1) is 12.3 Å². The van der Waals surface area contributed by atoms with Crippen molar-refractivity contribution in [2.45, 2.75) is 23.9 Å². The molecule has 1 fully saturated rings. The molecule has 1 unspecified atom stereocenters. The normalized spacial score (nSPS) is 31.5. The van der Waals surface area contributed by atoms with Gasteiger partial charge < -0.3 is 25.8 Å². The van der Waals surface area contributed by atoms with E-state index in [1.165, 1.54) is 6.20 Å². The van der Waals surface area contributed by atoms with Gasteiger partial charge in [-0.2, -0.15) is 0 Å². The highest BCUT2D eigenvalue weighted by atomic mass is 16.6. The number of nitrogens with one attached hydrogen (secondary N) is 1. The minimum absolute atomic E-state index is 0.0586. The van der Waals surface area contributed by atoms with E-state index < -0.39 is 36.1 Å². The zero-order valence-electron chi connectivity index (χ0n) is 11.2. The molecule has 0 spiro atoms. The van der Waals surface area contributed by atoms with Crippen molar-refractivity contribution in [3.8, 4) is 12.3 Å². The van der Waals surface area contributed by atoms with E-state index in [9.17, 15) is 20.1 Å². The van der Waals surface area contributed by atoms with Crippen molar-refractivity contribution < 1.29 is 20.1 Å². The molecule has 0 bridgehead atoms. The Labute approximate surface area is 123 Å². The molecule has 10 heteroatoms. The molecule has 0 radical (unpaired) electrons. The minimum atomic E-state index is -1.75. The SMILES string of the molecule is C#C[C@]1(CO)O[C@@H](c2cnc3c(=O)[nH]c(N)nn23)C(O)[C@H]1O. The molecule has 0 saturated carbocycles. The third-order valence-electron chi connectivity index (χ3n) is 3.64. The molecule has 22 heavy (non-hydrogen) atoms. The Hall–Kier alpha value is -2.45. The van der Waals surface area contributed by atoms with E-state index in [4.69, 9.17) is 16.9 Å². The predicted octanol–water partition coefficient (Wildman–Crippen LogP) is -2.84. The van der Waals surface area contributed by atoms with Crippen molar-refractivity contribution in [1.82, 2.24) is 19.6 Å². The number of rotatable bonds is 2. The van der Waals surface area contributed by atoms with E-state index in [2.05, 4.69) is 21.0 Å². The minimum Gasteiger partial charge on any atom is -0.392 e. The molecule has 4 atom stereocenters. The van der Waals surface area contributed by atoms with E-state index in [-0.39, 0.29) is 17.3 Å². The Morgan fingerprint density at radius 2 is 2.32 bits per heavy atom. The first kappa shape index (κ1) is 14.5. The molecule has 1 saturated heterocycles. The summed E-state index contributed by atoms with van der Waals surface area (Å²) in [5.41, 5.74) is 3.27. The van der Waals surface area contributed by atoms with Crippen molar-refractivity contribution in [1.29, 1.82) is 0 Å². The summed E-state index contributed by atoms with van der Waals surface area (Å²) in [6.45, 7) is -0.689. The molecule has 1 aliphatic rings. The monoisotopic (exact) mass is 307 g/mol. The van der Waals surface area contributed by atoms with Crippen LogP contribution in [0.4, 0.5) is 5.95 Å². The van der Waals surface area contributed by atoms with Crippen molar-refractivity contribution in [3.63, 3.8) is 0 Å². The lowest BCUT2D eigenvalue weighted by molar-refractivity contribution is -0.0732. The van der Waals surface area contributed by atoms with Crippen LogP contribution in [0.15, 0.2) is 11.0 Å². The number of imidazole rings is 1. The summed E-state index contributed by atoms with van der Waals surface area (Å²) in [6, 6.07) is 0. The topological polar surface area (TPSA) is 159 Å². The number of aliphatic hydroxyl groups excluding tert-OH is 3. The number of nitrogens with two attached hydrogens (primary N) is 1. The van der Waals surface area contributed by atoms with Crippen LogP contribution in [-0.2, 0) is 4.74 Å². The number of anilines is 1. The van der Waals surface area contributed by atoms with Gasteiger partial charge in [0.2, 0.25) is 11.6 Å². The summed E-state index contributed by atoms with van der Waals surface area (Å²) < 4.78 is 6.56. The number of ether oxygens (including phenoxy) is 1. The third kappa shape index (κ3) is 1.81. The molecule has 10 nitrogen and oxygen atoms in total. The number of aromatic amines is 1. The molecule has 3 heterocycles. The molecule has 2 aromatic heterocycles. The fourth-order valence-corrected chi connectivity index (χ4v) is 2.46. The molecule has 0 amide bonds. The van der Waals surface area contributed by atoms with Gasteiger partial charge in [0.15, 0.2) is 5.60 Å². The van der Waals surface area contributed by atoms with Crippen molar-refractivity contribution in [2.75, 3.05) is 12.3 Å². The number of aromatic nitrogens is 4. The molecule has 2 aromatic rings. The summed E-state index contributed by atoms with van der Waals surface area (Å²) in [7, 11) is 0. The van der Waals surface area contributed by atoms with E-state index in [1.54, 1.807) is 0 Å². The third-order valence-corrected chi connectivity index (χ3v) is 3.64. The average Bonchev–Trinajstić information content (AvgIpc) is 3.01. The van der Waals surface area contributed by atoms with Gasteiger partial charge in [0.05, 0.1) is 18.5 Å². The van der Waals surface area contributed by atoms with Crippen LogP contribution < -0.4 is 11.3 Å². The predicted molar refractivity (Wildman–Crippen MR) is 72.5 cm³/mol. The number of terminal acetylenes is 1. The van der Waals surface area contributed by atoms with Crippen LogP contribution in [0.2, 0.25) is 0 Å². The lowest BCUT2D eigenvalue weighted by Crippen LogP contribution is -2.44. The largest absolute Gasteiger partial charge is 0.392 e. The lowest BCUT2D eigenvalue weighted by Gasteiger charge is -2.23. The van der Waals surface area contributed by atoms with Crippen molar-refractivity contribution in [3.05, 3.63) is 22.2 Å². The van der Waals surface area contributed by atoms with Crippen LogP contribution in [0.25, 0.3) is 5.65 Å². The Morgan fingerprint density at radius 1 is 1.59 bits per heavy atom. The van der Waals surface area contributed by atoms with Gasteiger partial charge in [0.1, 0.15) is 18.3 Å². The highest BCUT2D eigenvalue weighted by Gasteiger charge is 2.54. The standard InChI is InChI=1S/C12H13N5O5/c1-2-12(4-18)8(20)6(19)7(22-12)5-3-14-9-10(21)15-11(13)16-17(5)9/h1,3,6-8,18-20H,4H2,(H3,13,15,16,21)/t6?,7-,8+,12+/m0/s1. The zero-order valence-corrected chi connectivity index (χ0v) is 11.2. The van der Waals surface area contributed by atoms with Crippen LogP contribution in [0.1, 0.15) is 11.8 Å². The Balaban J connectivity index is 2.13.